The molecule has 1 aliphatic rings. The highest BCUT2D eigenvalue weighted by atomic mass is 32.2. The van der Waals surface area contributed by atoms with Crippen LogP contribution < -0.4 is 4.90 Å². The molecule has 4 rings (SSSR count). The number of thiazole rings is 1. The molecular weight excluding hydrogens is 478 g/mol. The summed E-state index contributed by atoms with van der Waals surface area (Å²) in [4.78, 5) is 23.6. The molecule has 33 heavy (non-hydrogen) atoms. The standard InChI is InChI=1S/C23H27N3O4S3/c1-3-33(28,29)21-7-5-4-6-18(21)22(27)26(11-10-25-12-14-30-15-13-25)23-24-19-9-8-17(31-2)16-20(19)32-23/h4-9,16H,3,10-15H2,1-2H3. The van der Waals surface area contributed by atoms with Crippen molar-refractivity contribution in [3.8, 4) is 0 Å². The third-order valence-electron chi connectivity index (χ3n) is 5.64. The Bertz CT molecular complexity index is 1240. The minimum absolute atomic E-state index is 0.0658. The number of hydrogen-bond acceptors (Lipinski definition) is 8. The van der Waals surface area contributed by atoms with Crippen molar-refractivity contribution in [3.05, 3.63) is 48.0 Å². The van der Waals surface area contributed by atoms with Crippen molar-refractivity contribution in [3.63, 3.8) is 0 Å². The average molecular weight is 506 g/mol. The molecule has 0 saturated carbocycles. The first-order valence-electron chi connectivity index (χ1n) is 10.8. The maximum Gasteiger partial charge on any atom is 0.261 e. The lowest BCUT2D eigenvalue weighted by Gasteiger charge is -2.29. The number of ether oxygens (including phenoxy) is 1. The quantitative estimate of drug-likeness (QED) is 0.431. The van der Waals surface area contributed by atoms with Gasteiger partial charge in [-0.25, -0.2) is 13.4 Å². The van der Waals surface area contributed by atoms with Gasteiger partial charge in [-0.15, -0.1) is 11.8 Å². The van der Waals surface area contributed by atoms with Gasteiger partial charge in [0.05, 0.1) is 39.6 Å². The van der Waals surface area contributed by atoms with Gasteiger partial charge in [0.25, 0.3) is 5.91 Å². The van der Waals surface area contributed by atoms with Gasteiger partial charge in [0.1, 0.15) is 0 Å². The van der Waals surface area contributed by atoms with E-state index in [1.165, 1.54) is 17.4 Å². The Morgan fingerprint density at radius 1 is 1.21 bits per heavy atom. The second-order valence-corrected chi connectivity index (χ2v) is 11.8. The zero-order valence-corrected chi connectivity index (χ0v) is 21.1. The number of hydrogen-bond donors (Lipinski definition) is 0. The van der Waals surface area contributed by atoms with Gasteiger partial charge in [-0.3, -0.25) is 14.6 Å². The molecule has 2 heterocycles. The second kappa shape index (κ2) is 10.5. The van der Waals surface area contributed by atoms with E-state index in [4.69, 9.17) is 9.72 Å². The van der Waals surface area contributed by atoms with Crippen LogP contribution in [0.15, 0.2) is 52.3 Å². The van der Waals surface area contributed by atoms with E-state index in [2.05, 4.69) is 11.0 Å². The van der Waals surface area contributed by atoms with Gasteiger partial charge < -0.3 is 4.74 Å². The van der Waals surface area contributed by atoms with Crippen LogP contribution in [0.4, 0.5) is 5.13 Å². The zero-order chi connectivity index (χ0) is 23.4. The van der Waals surface area contributed by atoms with Gasteiger partial charge in [-0.05, 0) is 36.6 Å². The molecule has 1 saturated heterocycles. The van der Waals surface area contributed by atoms with Crippen molar-refractivity contribution in [1.82, 2.24) is 9.88 Å². The summed E-state index contributed by atoms with van der Waals surface area (Å²) < 4.78 is 31.8. The lowest BCUT2D eigenvalue weighted by atomic mass is 10.2. The Hall–Kier alpha value is -1.98. The van der Waals surface area contributed by atoms with E-state index >= 15 is 0 Å². The highest BCUT2D eigenvalue weighted by Gasteiger charge is 2.27. The van der Waals surface area contributed by atoms with Crippen LogP contribution in [0.5, 0.6) is 0 Å². The first-order chi connectivity index (χ1) is 15.9. The Morgan fingerprint density at radius 2 is 1.97 bits per heavy atom. The van der Waals surface area contributed by atoms with Crippen molar-refractivity contribution in [2.45, 2.75) is 16.7 Å². The summed E-state index contributed by atoms with van der Waals surface area (Å²) in [7, 11) is -3.55. The lowest BCUT2D eigenvalue weighted by Crippen LogP contribution is -2.43. The molecule has 0 bridgehead atoms. The van der Waals surface area contributed by atoms with Crippen LogP contribution in [0.25, 0.3) is 10.2 Å². The highest BCUT2D eigenvalue weighted by molar-refractivity contribution is 7.98. The summed E-state index contributed by atoms with van der Waals surface area (Å²) in [5, 5.41) is 0.574. The molecule has 0 unspecified atom stereocenters. The monoisotopic (exact) mass is 505 g/mol. The molecule has 1 fully saturated rings. The van der Waals surface area contributed by atoms with Gasteiger partial charge in [-0.1, -0.05) is 30.4 Å². The van der Waals surface area contributed by atoms with Gasteiger partial charge in [0, 0.05) is 31.1 Å². The molecule has 2 aromatic carbocycles. The molecular formula is C23H27N3O4S3. The third-order valence-corrected chi connectivity index (χ3v) is 9.19. The predicted molar refractivity (Wildman–Crippen MR) is 135 cm³/mol. The number of sulfone groups is 1. The summed E-state index contributed by atoms with van der Waals surface area (Å²) in [6.07, 6.45) is 2.02. The molecule has 0 N–H and O–H groups in total. The van der Waals surface area contributed by atoms with Crippen LogP contribution in [0, 0.1) is 0 Å². The van der Waals surface area contributed by atoms with E-state index < -0.39 is 9.84 Å². The minimum Gasteiger partial charge on any atom is -0.379 e. The van der Waals surface area contributed by atoms with E-state index in [0.717, 1.165) is 28.2 Å². The number of thioether (sulfide) groups is 1. The molecule has 3 aromatic rings. The van der Waals surface area contributed by atoms with Crippen molar-refractivity contribution >= 4 is 54.2 Å². The van der Waals surface area contributed by atoms with Crippen molar-refractivity contribution in [2.75, 3.05) is 56.3 Å². The second-order valence-electron chi connectivity index (χ2n) is 7.64. The smallest absolute Gasteiger partial charge is 0.261 e. The van der Waals surface area contributed by atoms with Crippen LogP contribution >= 0.6 is 23.1 Å². The number of aromatic nitrogens is 1. The number of anilines is 1. The molecule has 1 aromatic heterocycles. The largest absolute Gasteiger partial charge is 0.379 e. The van der Waals surface area contributed by atoms with Crippen molar-refractivity contribution < 1.29 is 17.9 Å². The van der Waals surface area contributed by atoms with Crippen molar-refractivity contribution in [2.24, 2.45) is 0 Å². The normalized spacial score (nSPS) is 15.1. The molecule has 1 amide bonds. The molecule has 7 nitrogen and oxygen atoms in total. The molecule has 0 aliphatic carbocycles. The predicted octanol–water partition coefficient (Wildman–Crippen LogP) is 3.79. The van der Waals surface area contributed by atoms with E-state index in [1.54, 1.807) is 41.8 Å². The van der Waals surface area contributed by atoms with Crippen LogP contribution in [-0.4, -0.2) is 75.6 Å². The number of fused-ring (bicyclic) bond motifs is 1. The maximum atomic E-state index is 13.8. The molecule has 10 heteroatoms. The van der Waals surface area contributed by atoms with Crippen LogP contribution in [0.3, 0.4) is 0 Å². The van der Waals surface area contributed by atoms with E-state index in [-0.39, 0.29) is 22.1 Å². The average Bonchev–Trinajstić information content (AvgIpc) is 3.27. The van der Waals surface area contributed by atoms with Gasteiger partial charge in [0.15, 0.2) is 15.0 Å². The SMILES string of the molecule is CCS(=O)(=O)c1ccccc1C(=O)N(CCN1CCOCC1)c1nc2ccc(SC)cc2s1. The summed E-state index contributed by atoms with van der Waals surface area (Å²) in [5.74, 6) is -0.413. The van der Waals surface area contributed by atoms with Gasteiger partial charge in [0.2, 0.25) is 0 Å². The molecule has 1 aliphatic heterocycles. The first kappa shape index (κ1) is 24.2. The Balaban J connectivity index is 1.72. The Morgan fingerprint density at radius 3 is 2.70 bits per heavy atom. The van der Waals surface area contributed by atoms with E-state index in [9.17, 15) is 13.2 Å². The highest BCUT2D eigenvalue weighted by Crippen LogP contribution is 2.33. The summed E-state index contributed by atoms with van der Waals surface area (Å²) >= 11 is 3.11. The minimum atomic E-state index is -3.55. The number of amides is 1. The van der Waals surface area contributed by atoms with Crippen molar-refractivity contribution in [1.29, 1.82) is 0 Å². The first-order valence-corrected chi connectivity index (χ1v) is 14.5. The van der Waals surface area contributed by atoms with E-state index in [0.29, 0.717) is 31.4 Å². The number of carbonyl (C=O) groups is 1. The number of rotatable bonds is 8. The Kier molecular flexibility index (Phi) is 7.70. The molecule has 0 atom stereocenters. The summed E-state index contributed by atoms with van der Waals surface area (Å²) in [6, 6.07) is 12.5. The lowest BCUT2D eigenvalue weighted by molar-refractivity contribution is 0.0391. The van der Waals surface area contributed by atoms with Gasteiger partial charge >= 0.3 is 0 Å². The summed E-state index contributed by atoms with van der Waals surface area (Å²) in [6.45, 7) is 5.61. The fourth-order valence-electron chi connectivity index (χ4n) is 3.70. The van der Waals surface area contributed by atoms with Crippen LogP contribution in [0.2, 0.25) is 0 Å². The van der Waals surface area contributed by atoms with Crippen LogP contribution in [-0.2, 0) is 14.6 Å². The topological polar surface area (TPSA) is 79.8 Å². The fourth-order valence-corrected chi connectivity index (χ4v) is 6.33. The van der Waals surface area contributed by atoms with Gasteiger partial charge in [-0.2, -0.15) is 0 Å². The fraction of sp³-hybridized carbons (Fsp3) is 0.391. The molecule has 0 radical (unpaired) electrons. The number of nitrogens with zero attached hydrogens (tertiary/aromatic N) is 3. The third kappa shape index (κ3) is 5.41. The zero-order valence-electron chi connectivity index (χ0n) is 18.7. The van der Waals surface area contributed by atoms with Crippen LogP contribution in [0.1, 0.15) is 17.3 Å². The molecule has 176 valence electrons. The van der Waals surface area contributed by atoms with E-state index in [1.807, 2.05) is 18.4 Å². The molecule has 0 spiro atoms. The summed E-state index contributed by atoms with van der Waals surface area (Å²) in [5.41, 5.74) is 1.01. The Labute approximate surface area is 202 Å². The number of benzene rings is 2. The number of carbonyl (C=O) groups excluding carboxylic acids is 1. The number of morpholine rings is 1. The maximum absolute atomic E-state index is 13.8.